The van der Waals surface area contributed by atoms with Gasteiger partial charge in [-0.05, 0) is 23.8 Å². The van der Waals surface area contributed by atoms with E-state index >= 15 is 0 Å². The topological polar surface area (TPSA) is 77.0 Å². The van der Waals surface area contributed by atoms with Crippen molar-refractivity contribution < 1.29 is 4.79 Å². The Labute approximate surface area is 171 Å². The molecule has 152 valence electrons. The highest BCUT2D eigenvalue weighted by Gasteiger charge is 2.23. The number of nitrogen functional groups attached to an aromatic ring is 1. The van der Waals surface area contributed by atoms with Gasteiger partial charge in [-0.2, -0.15) is 0 Å². The molecule has 1 aliphatic rings. The van der Waals surface area contributed by atoms with Gasteiger partial charge in [0, 0.05) is 18.7 Å². The predicted octanol–water partition coefficient (Wildman–Crippen LogP) is 3.84. The lowest BCUT2D eigenvalue weighted by atomic mass is 9.87. The van der Waals surface area contributed by atoms with E-state index in [1.165, 1.54) is 41.3 Å². The van der Waals surface area contributed by atoms with E-state index in [4.69, 9.17) is 5.84 Å². The van der Waals surface area contributed by atoms with Gasteiger partial charge in [0.05, 0.1) is 5.75 Å². The highest BCUT2D eigenvalue weighted by atomic mass is 32.2. The number of rotatable bonds is 5. The summed E-state index contributed by atoms with van der Waals surface area (Å²) in [7, 11) is 1.91. The van der Waals surface area contributed by atoms with Gasteiger partial charge in [-0.15, -0.1) is 10.2 Å². The monoisotopic (exact) mass is 401 g/mol. The van der Waals surface area contributed by atoms with Gasteiger partial charge in [-0.25, -0.2) is 4.68 Å². The second-order valence-electron chi connectivity index (χ2n) is 8.59. The van der Waals surface area contributed by atoms with Crippen LogP contribution >= 0.6 is 11.8 Å². The Balaban J connectivity index is 1.63. The molecule has 1 heterocycles. The van der Waals surface area contributed by atoms with Gasteiger partial charge in [-0.3, -0.25) is 4.79 Å². The number of carbonyl (C=O) groups excluding carboxylic acids is 1. The molecule has 0 unspecified atom stereocenters. The minimum absolute atomic E-state index is 0.0979. The van der Waals surface area contributed by atoms with E-state index in [-0.39, 0.29) is 11.3 Å². The minimum atomic E-state index is 0.0979. The first-order valence-corrected chi connectivity index (χ1v) is 11.0. The fourth-order valence-electron chi connectivity index (χ4n) is 3.59. The average molecular weight is 402 g/mol. The molecule has 0 aliphatic heterocycles. The fourth-order valence-corrected chi connectivity index (χ4v) is 4.37. The van der Waals surface area contributed by atoms with Crippen LogP contribution in [0.4, 0.5) is 0 Å². The van der Waals surface area contributed by atoms with E-state index in [2.05, 4.69) is 43.1 Å². The minimum Gasteiger partial charge on any atom is -0.342 e. The lowest BCUT2D eigenvalue weighted by Crippen LogP contribution is -2.39. The number of benzene rings is 1. The summed E-state index contributed by atoms with van der Waals surface area (Å²) in [6, 6.07) is 8.60. The molecule has 0 saturated heterocycles. The molecule has 6 nitrogen and oxygen atoms in total. The van der Waals surface area contributed by atoms with Gasteiger partial charge in [0.2, 0.25) is 11.1 Å². The molecule has 7 heteroatoms. The van der Waals surface area contributed by atoms with Crippen LogP contribution in [0.2, 0.25) is 0 Å². The van der Waals surface area contributed by atoms with Crippen molar-refractivity contribution in [3.8, 4) is 11.4 Å². The summed E-state index contributed by atoms with van der Waals surface area (Å²) in [5.74, 6) is 7.26. The molecule has 0 atom stereocenters. The largest absolute Gasteiger partial charge is 0.342 e. The van der Waals surface area contributed by atoms with E-state index in [9.17, 15) is 4.79 Å². The number of carbonyl (C=O) groups is 1. The van der Waals surface area contributed by atoms with Crippen molar-refractivity contribution in [3.05, 3.63) is 29.8 Å². The standard InChI is InChI=1S/C21H31N5OS/c1-21(2,3)16-12-10-15(11-13-16)19-23-24-20(26(19)22)28-14-18(27)25(4)17-8-6-5-7-9-17/h10-13,17H,5-9,14,22H2,1-4H3. The van der Waals surface area contributed by atoms with Crippen molar-refractivity contribution in [2.75, 3.05) is 18.6 Å². The molecular weight excluding hydrogens is 370 g/mol. The van der Waals surface area contributed by atoms with Gasteiger partial charge in [-0.1, -0.05) is 76.1 Å². The Bertz CT molecular complexity index is 803. The summed E-state index contributed by atoms with van der Waals surface area (Å²) < 4.78 is 1.48. The normalized spacial score (nSPS) is 15.6. The summed E-state index contributed by atoms with van der Waals surface area (Å²) in [5.41, 5.74) is 2.27. The highest BCUT2D eigenvalue weighted by molar-refractivity contribution is 7.99. The Hall–Kier alpha value is -2.02. The number of amides is 1. The number of hydrogen-bond donors (Lipinski definition) is 1. The van der Waals surface area contributed by atoms with Crippen molar-refractivity contribution in [3.63, 3.8) is 0 Å². The molecule has 1 fully saturated rings. The van der Waals surface area contributed by atoms with E-state index < -0.39 is 0 Å². The van der Waals surface area contributed by atoms with Crippen molar-refractivity contribution >= 4 is 17.7 Å². The zero-order valence-corrected chi connectivity index (χ0v) is 18.1. The number of nitrogens with zero attached hydrogens (tertiary/aromatic N) is 4. The van der Waals surface area contributed by atoms with E-state index in [0.29, 0.717) is 22.8 Å². The smallest absolute Gasteiger partial charge is 0.233 e. The van der Waals surface area contributed by atoms with Crippen LogP contribution in [-0.4, -0.2) is 44.5 Å². The molecular formula is C21H31N5OS. The SMILES string of the molecule is CN(C(=O)CSc1nnc(-c2ccc(C(C)(C)C)cc2)n1N)C1CCCCC1. The van der Waals surface area contributed by atoms with Crippen molar-refractivity contribution in [1.29, 1.82) is 0 Å². The first-order valence-electron chi connectivity index (χ1n) is 9.97. The summed E-state index contributed by atoms with van der Waals surface area (Å²) in [5, 5.41) is 8.98. The van der Waals surface area contributed by atoms with Crippen LogP contribution in [0.25, 0.3) is 11.4 Å². The fraction of sp³-hybridized carbons (Fsp3) is 0.571. The van der Waals surface area contributed by atoms with Gasteiger partial charge >= 0.3 is 0 Å². The lowest BCUT2D eigenvalue weighted by molar-refractivity contribution is -0.129. The molecule has 2 aromatic rings. The van der Waals surface area contributed by atoms with E-state index in [1.54, 1.807) is 0 Å². The maximum atomic E-state index is 12.5. The maximum absolute atomic E-state index is 12.5. The highest BCUT2D eigenvalue weighted by Crippen LogP contribution is 2.27. The third-order valence-corrected chi connectivity index (χ3v) is 6.44. The van der Waals surface area contributed by atoms with Crippen LogP contribution in [0, 0.1) is 0 Å². The zero-order chi connectivity index (χ0) is 20.3. The summed E-state index contributed by atoms with van der Waals surface area (Å²) in [6.45, 7) is 6.55. The van der Waals surface area contributed by atoms with E-state index in [0.717, 1.165) is 18.4 Å². The maximum Gasteiger partial charge on any atom is 0.233 e. The van der Waals surface area contributed by atoms with Crippen LogP contribution in [0.15, 0.2) is 29.4 Å². The molecule has 1 aromatic carbocycles. The van der Waals surface area contributed by atoms with Gasteiger partial charge in [0.15, 0.2) is 5.82 Å². The quantitative estimate of drug-likeness (QED) is 0.608. The summed E-state index contributed by atoms with van der Waals surface area (Å²) in [4.78, 5) is 14.4. The number of hydrogen-bond acceptors (Lipinski definition) is 5. The zero-order valence-electron chi connectivity index (χ0n) is 17.3. The molecule has 1 amide bonds. The van der Waals surface area contributed by atoms with Gasteiger partial charge in [0.25, 0.3) is 0 Å². The molecule has 1 aliphatic carbocycles. The lowest BCUT2D eigenvalue weighted by Gasteiger charge is -2.31. The van der Waals surface area contributed by atoms with Gasteiger partial charge in [0.1, 0.15) is 0 Å². The molecule has 28 heavy (non-hydrogen) atoms. The third kappa shape index (κ3) is 4.69. The molecule has 3 rings (SSSR count). The summed E-state index contributed by atoms with van der Waals surface area (Å²) in [6.07, 6.45) is 5.92. The third-order valence-electron chi connectivity index (χ3n) is 5.51. The second kappa shape index (κ2) is 8.55. The molecule has 2 N–H and O–H groups in total. The molecule has 0 bridgehead atoms. The van der Waals surface area contributed by atoms with Crippen LogP contribution in [-0.2, 0) is 10.2 Å². The first-order chi connectivity index (χ1) is 13.3. The van der Waals surface area contributed by atoms with Crippen LogP contribution in [0.3, 0.4) is 0 Å². The molecule has 0 spiro atoms. The summed E-state index contributed by atoms with van der Waals surface area (Å²) >= 11 is 1.34. The van der Waals surface area contributed by atoms with Crippen molar-refractivity contribution in [2.45, 2.75) is 69.5 Å². The Morgan fingerprint density at radius 1 is 1.18 bits per heavy atom. The molecule has 0 radical (unpaired) electrons. The van der Waals surface area contributed by atoms with Gasteiger partial charge < -0.3 is 10.7 Å². The predicted molar refractivity (Wildman–Crippen MR) is 115 cm³/mol. The number of nitrogens with two attached hydrogens (primary N) is 1. The van der Waals surface area contributed by atoms with Crippen LogP contribution in [0.5, 0.6) is 0 Å². The number of aromatic nitrogens is 3. The first kappa shape index (κ1) is 20.7. The Kier molecular flexibility index (Phi) is 6.33. The molecule has 1 saturated carbocycles. The average Bonchev–Trinajstić information content (AvgIpc) is 3.06. The second-order valence-corrected chi connectivity index (χ2v) is 9.53. The van der Waals surface area contributed by atoms with Crippen LogP contribution < -0.4 is 5.84 Å². The molecule has 1 aromatic heterocycles. The van der Waals surface area contributed by atoms with Crippen molar-refractivity contribution in [2.24, 2.45) is 0 Å². The Morgan fingerprint density at radius 2 is 1.82 bits per heavy atom. The van der Waals surface area contributed by atoms with Crippen LogP contribution in [0.1, 0.15) is 58.4 Å². The Morgan fingerprint density at radius 3 is 2.43 bits per heavy atom. The van der Waals surface area contributed by atoms with E-state index in [1.807, 2.05) is 24.1 Å². The number of thioether (sulfide) groups is 1. The van der Waals surface area contributed by atoms with Crippen molar-refractivity contribution in [1.82, 2.24) is 19.8 Å².